The fourth-order valence-electron chi connectivity index (χ4n) is 0.595. The van der Waals surface area contributed by atoms with Crippen LogP contribution in [0.5, 0.6) is 5.88 Å². The lowest BCUT2D eigenvalue weighted by Crippen LogP contribution is -1.97. The molecule has 1 heterocycles. The lowest BCUT2D eigenvalue weighted by Gasteiger charge is -2.01. The van der Waals surface area contributed by atoms with E-state index in [2.05, 4.69) is 9.72 Å². The molecule has 0 aliphatic rings. The van der Waals surface area contributed by atoms with E-state index in [4.69, 9.17) is 5.73 Å². The largest absolute Gasteiger partial charge is 0.479 e. The summed E-state index contributed by atoms with van der Waals surface area (Å²) < 4.78 is 17.2. The summed E-state index contributed by atoms with van der Waals surface area (Å²) in [6, 6.07) is 1.18. The highest BCUT2D eigenvalue weighted by atomic mass is 35.5. The van der Waals surface area contributed by atoms with Crippen molar-refractivity contribution in [1.29, 1.82) is 0 Å². The molecule has 0 radical (unpaired) electrons. The molecule has 0 spiro atoms. The van der Waals surface area contributed by atoms with Crippen molar-refractivity contribution in [1.82, 2.24) is 4.98 Å². The van der Waals surface area contributed by atoms with E-state index in [-0.39, 0.29) is 24.0 Å². The molecule has 2 N–H and O–H groups in total. The summed E-state index contributed by atoms with van der Waals surface area (Å²) in [5.74, 6) is -0.383. The van der Waals surface area contributed by atoms with Gasteiger partial charge in [0.2, 0.25) is 5.88 Å². The third-order valence-electron chi connectivity index (χ3n) is 1.09. The molecule has 11 heavy (non-hydrogen) atoms. The number of ether oxygens (including phenoxy) is 1. The van der Waals surface area contributed by atoms with Gasteiger partial charge in [-0.15, -0.1) is 12.4 Å². The van der Waals surface area contributed by atoms with Crippen molar-refractivity contribution in [3.05, 3.63) is 18.1 Å². The molecule has 0 unspecified atom stereocenters. The first-order valence-corrected chi connectivity index (χ1v) is 2.69. The van der Waals surface area contributed by atoms with Crippen molar-refractivity contribution in [2.45, 2.75) is 0 Å². The minimum Gasteiger partial charge on any atom is -0.479 e. The number of anilines is 1. The first kappa shape index (κ1) is 9.97. The summed E-state index contributed by atoms with van der Waals surface area (Å²) >= 11 is 0. The lowest BCUT2D eigenvalue weighted by molar-refractivity contribution is 0.397. The summed E-state index contributed by atoms with van der Waals surface area (Å²) in [6.45, 7) is 0. The third-order valence-corrected chi connectivity index (χ3v) is 1.09. The second-order valence-corrected chi connectivity index (χ2v) is 1.72. The first-order valence-electron chi connectivity index (χ1n) is 2.69. The van der Waals surface area contributed by atoms with Gasteiger partial charge in [-0.3, -0.25) is 0 Å². The second kappa shape index (κ2) is 3.98. The molecule has 3 nitrogen and oxygen atoms in total. The molecule has 0 atom stereocenters. The summed E-state index contributed by atoms with van der Waals surface area (Å²) in [5.41, 5.74) is 5.18. The van der Waals surface area contributed by atoms with E-state index >= 15 is 0 Å². The Labute approximate surface area is 69.8 Å². The van der Waals surface area contributed by atoms with Crippen molar-refractivity contribution < 1.29 is 9.13 Å². The summed E-state index contributed by atoms with van der Waals surface area (Å²) in [5, 5.41) is 0. The summed E-state index contributed by atoms with van der Waals surface area (Å²) in [7, 11) is 1.39. The highest BCUT2D eigenvalue weighted by Crippen LogP contribution is 2.19. The summed E-state index contributed by atoms with van der Waals surface area (Å²) in [4.78, 5) is 3.67. The van der Waals surface area contributed by atoms with Gasteiger partial charge in [0.15, 0.2) is 5.82 Å². The third kappa shape index (κ3) is 1.94. The zero-order valence-corrected chi connectivity index (χ0v) is 6.69. The molecule has 1 aromatic heterocycles. The van der Waals surface area contributed by atoms with E-state index in [1.165, 1.54) is 19.4 Å². The van der Waals surface area contributed by atoms with Gasteiger partial charge < -0.3 is 10.5 Å². The second-order valence-electron chi connectivity index (χ2n) is 1.72. The van der Waals surface area contributed by atoms with Gasteiger partial charge in [-0.2, -0.15) is 0 Å². The number of halogens is 2. The molecule has 0 saturated heterocycles. The van der Waals surface area contributed by atoms with Gasteiger partial charge in [0.25, 0.3) is 0 Å². The predicted octanol–water partition coefficient (Wildman–Crippen LogP) is 1.23. The zero-order chi connectivity index (χ0) is 7.56. The average Bonchev–Trinajstić information content (AvgIpc) is 1.95. The molecule has 0 aliphatic carbocycles. The predicted molar refractivity (Wildman–Crippen MR) is 42.4 cm³/mol. The fraction of sp³-hybridized carbons (Fsp3) is 0.167. The number of rotatable bonds is 1. The molecular formula is C6H8ClFN2O. The Bertz CT molecular complexity index is 244. The number of hydrogen-bond donors (Lipinski definition) is 1. The Morgan fingerprint density at radius 1 is 1.64 bits per heavy atom. The molecular weight excluding hydrogens is 171 g/mol. The quantitative estimate of drug-likeness (QED) is 0.704. The summed E-state index contributed by atoms with van der Waals surface area (Å²) in [6.07, 6.45) is 1.30. The van der Waals surface area contributed by atoms with Gasteiger partial charge in [-0.05, 0) is 6.07 Å². The van der Waals surface area contributed by atoms with Crippen LogP contribution < -0.4 is 10.5 Å². The normalized spacial score (nSPS) is 8.55. The standard InChI is InChI=1S/C6H7FN2O.ClH/c1-10-6-5(8)4(7)2-3-9-6;/h2-3H,8H2,1H3;1H. The first-order chi connectivity index (χ1) is 4.75. The van der Waals surface area contributed by atoms with Crippen LogP contribution in [-0.2, 0) is 0 Å². The van der Waals surface area contributed by atoms with E-state index in [1.807, 2.05) is 0 Å². The molecule has 0 aliphatic heterocycles. The Morgan fingerprint density at radius 2 is 2.27 bits per heavy atom. The van der Waals surface area contributed by atoms with Crippen LogP contribution in [0.3, 0.4) is 0 Å². The average molecular weight is 179 g/mol. The smallest absolute Gasteiger partial charge is 0.239 e. The van der Waals surface area contributed by atoms with E-state index in [1.54, 1.807) is 0 Å². The van der Waals surface area contributed by atoms with Gasteiger partial charge in [-0.1, -0.05) is 0 Å². The monoisotopic (exact) mass is 178 g/mol. The lowest BCUT2D eigenvalue weighted by atomic mass is 10.4. The van der Waals surface area contributed by atoms with Crippen molar-refractivity contribution in [2.24, 2.45) is 0 Å². The minimum absolute atomic E-state index is 0. The number of methoxy groups -OCH3 is 1. The van der Waals surface area contributed by atoms with Gasteiger partial charge in [-0.25, -0.2) is 9.37 Å². The minimum atomic E-state index is -0.508. The van der Waals surface area contributed by atoms with Crippen LogP contribution in [0, 0.1) is 5.82 Å². The van der Waals surface area contributed by atoms with Crippen LogP contribution in [0.1, 0.15) is 0 Å². The molecule has 1 aromatic rings. The van der Waals surface area contributed by atoms with Gasteiger partial charge in [0.05, 0.1) is 7.11 Å². The Kier molecular flexibility index (Phi) is 3.60. The molecule has 0 bridgehead atoms. The Morgan fingerprint density at radius 3 is 2.73 bits per heavy atom. The van der Waals surface area contributed by atoms with E-state index < -0.39 is 5.82 Å². The zero-order valence-electron chi connectivity index (χ0n) is 5.87. The van der Waals surface area contributed by atoms with E-state index in [9.17, 15) is 4.39 Å². The molecule has 5 heteroatoms. The molecule has 62 valence electrons. The molecule has 0 amide bonds. The molecule has 1 rings (SSSR count). The number of nitrogens with zero attached hydrogens (tertiary/aromatic N) is 1. The van der Waals surface area contributed by atoms with Crippen LogP contribution >= 0.6 is 12.4 Å². The molecule has 0 saturated carbocycles. The number of hydrogen-bond acceptors (Lipinski definition) is 3. The van der Waals surface area contributed by atoms with Crippen LogP contribution in [-0.4, -0.2) is 12.1 Å². The number of aromatic nitrogens is 1. The molecule has 0 aromatic carbocycles. The Balaban J connectivity index is 0.000001000. The van der Waals surface area contributed by atoms with Gasteiger partial charge in [0, 0.05) is 6.20 Å². The fourth-order valence-corrected chi connectivity index (χ4v) is 0.595. The maximum absolute atomic E-state index is 12.5. The highest BCUT2D eigenvalue weighted by Gasteiger charge is 2.03. The van der Waals surface area contributed by atoms with Crippen LogP contribution in [0.4, 0.5) is 10.1 Å². The van der Waals surface area contributed by atoms with Crippen molar-refractivity contribution in [3.63, 3.8) is 0 Å². The van der Waals surface area contributed by atoms with E-state index in [0.717, 1.165) is 0 Å². The number of pyridine rings is 1. The number of nitrogen functional groups attached to an aromatic ring is 1. The van der Waals surface area contributed by atoms with Gasteiger partial charge in [0.1, 0.15) is 5.69 Å². The topological polar surface area (TPSA) is 48.1 Å². The SMILES string of the molecule is COc1nccc(F)c1N.Cl. The van der Waals surface area contributed by atoms with Crippen LogP contribution in [0.25, 0.3) is 0 Å². The van der Waals surface area contributed by atoms with Crippen molar-refractivity contribution in [2.75, 3.05) is 12.8 Å². The number of nitrogens with two attached hydrogens (primary N) is 1. The van der Waals surface area contributed by atoms with Crippen LogP contribution in [0.2, 0.25) is 0 Å². The molecule has 0 fully saturated rings. The van der Waals surface area contributed by atoms with E-state index in [0.29, 0.717) is 0 Å². The Hall–Kier alpha value is -1.03. The van der Waals surface area contributed by atoms with Gasteiger partial charge >= 0.3 is 0 Å². The van der Waals surface area contributed by atoms with Crippen LogP contribution in [0.15, 0.2) is 12.3 Å². The maximum atomic E-state index is 12.5. The van der Waals surface area contributed by atoms with Crippen molar-refractivity contribution >= 4 is 18.1 Å². The van der Waals surface area contributed by atoms with Crippen molar-refractivity contribution in [3.8, 4) is 5.88 Å². The highest BCUT2D eigenvalue weighted by molar-refractivity contribution is 5.85. The maximum Gasteiger partial charge on any atom is 0.239 e.